The molecule has 0 aliphatic carbocycles. The average Bonchev–Trinajstić information content (AvgIpc) is 3.32. The Bertz CT molecular complexity index is 1060. The van der Waals surface area contributed by atoms with E-state index in [1.807, 2.05) is 0 Å². The van der Waals surface area contributed by atoms with Gasteiger partial charge in [0, 0.05) is 19.3 Å². The molecule has 0 fully saturated rings. The van der Waals surface area contributed by atoms with Crippen molar-refractivity contribution in [3.05, 3.63) is 0 Å². The Balaban J connectivity index is 4.25. The quantitative estimate of drug-likeness (QED) is 0.0343. The van der Waals surface area contributed by atoms with Crippen molar-refractivity contribution in [2.75, 3.05) is 13.2 Å². The van der Waals surface area contributed by atoms with E-state index in [2.05, 4.69) is 34.6 Å². The Hall–Kier alpha value is -1.59. The number of hydrogen-bond donors (Lipinski definition) is 0. The number of esters is 3. The molecule has 0 amide bonds. The van der Waals surface area contributed by atoms with Crippen LogP contribution in [-0.4, -0.2) is 37.2 Å². The van der Waals surface area contributed by atoms with Crippen molar-refractivity contribution in [2.24, 2.45) is 11.8 Å². The lowest BCUT2D eigenvalue weighted by Gasteiger charge is -2.18. The lowest BCUT2D eigenvalue weighted by atomic mass is 10.0. The topological polar surface area (TPSA) is 78.9 Å². The molecule has 0 saturated carbocycles. The van der Waals surface area contributed by atoms with Gasteiger partial charge < -0.3 is 14.2 Å². The summed E-state index contributed by atoms with van der Waals surface area (Å²) in [5.41, 5.74) is 0. The first-order valence-electron chi connectivity index (χ1n) is 31.2. The molecule has 6 nitrogen and oxygen atoms in total. The summed E-state index contributed by atoms with van der Waals surface area (Å²) in [7, 11) is 0. The lowest BCUT2D eigenvalue weighted by molar-refractivity contribution is -0.167. The normalized spacial score (nSPS) is 12.0. The molecule has 0 N–H and O–H groups in total. The number of hydrogen-bond acceptors (Lipinski definition) is 6. The minimum absolute atomic E-state index is 0.0624. The van der Waals surface area contributed by atoms with Gasteiger partial charge in [0.1, 0.15) is 13.2 Å². The van der Waals surface area contributed by atoms with Gasteiger partial charge in [-0.2, -0.15) is 0 Å². The number of unbranched alkanes of at least 4 members (excludes halogenated alkanes) is 42. The first-order chi connectivity index (χ1) is 33.7. The maximum atomic E-state index is 12.9. The molecule has 0 aromatic rings. The van der Waals surface area contributed by atoms with Crippen molar-refractivity contribution in [1.29, 1.82) is 0 Å². The standard InChI is InChI=1S/C63H122O6/c1-6-7-8-9-10-11-12-13-14-15-16-17-21-24-27-33-38-43-48-53-61(64)67-56-60(69-63(66)55-50-45-40-35-30-29-32-37-42-47-52-59(4)5)57-68-62(65)54-49-44-39-34-28-25-22-19-18-20-23-26-31-36-41-46-51-58(2)3/h58-60H,6-57H2,1-5H3/t60-/m1/s1. The predicted octanol–water partition coefficient (Wildman–Crippen LogP) is 20.8. The van der Waals surface area contributed by atoms with Crippen LogP contribution in [0, 0.1) is 11.8 Å². The van der Waals surface area contributed by atoms with Crippen LogP contribution in [0.5, 0.6) is 0 Å². The van der Waals surface area contributed by atoms with Gasteiger partial charge >= 0.3 is 17.9 Å². The highest BCUT2D eigenvalue weighted by molar-refractivity contribution is 5.71. The molecule has 69 heavy (non-hydrogen) atoms. The molecule has 0 unspecified atom stereocenters. The number of carbonyl (C=O) groups excluding carboxylic acids is 3. The Morgan fingerprint density at radius 2 is 0.478 bits per heavy atom. The van der Waals surface area contributed by atoms with E-state index in [-0.39, 0.29) is 31.1 Å². The first kappa shape index (κ1) is 67.4. The second-order valence-electron chi connectivity index (χ2n) is 22.6. The second-order valence-corrected chi connectivity index (χ2v) is 22.6. The zero-order valence-electron chi connectivity index (χ0n) is 47.5. The second kappa shape index (κ2) is 55.7. The van der Waals surface area contributed by atoms with Gasteiger partial charge in [-0.05, 0) is 31.1 Å². The minimum Gasteiger partial charge on any atom is -0.462 e. The molecule has 410 valence electrons. The molecule has 0 bridgehead atoms. The molecular weight excluding hydrogens is 853 g/mol. The van der Waals surface area contributed by atoms with Crippen LogP contribution < -0.4 is 0 Å². The van der Waals surface area contributed by atoms with E-state index in [4.69, 9.17) is 14.2 Å². The predicted molar refractivity (Wildman–Crippen MR) is 298 cm³/mol. The summed E-state index contributed by atoms with van der Waals surface area (Å²) in [4.78, 5) is 38.2. The van der Waals surface area contributed by atoms with Crippen molar-refractivity contribution >= 4 is 17.9 Å². The molecule has 0 spiro atoms. The van der Waals surface area contributed by atoms with E-state index in [9.17, 15) is 14.4 Å². The van der Waals surface area contributed by atoms with Gasteiger partial charge in [0.2, 0.25) is 0 Å². The van der Waals surface area contributed by atoms with Crippen LogP contribution in [0.3, 0.4) is 0 Å². The molecule has 6 heteroatoms. The molecule has 0 rings (SSSR count). The maximum Gasteiger partial charge on any atom is 0.306 e. The molecular formula is C63H122O6. The Morgan fingerprint density at radius 3 is 0.710 bits per heavy atom. The van der Waals surface area contributed by atoms with Crippen molar-refractivity contribution < 1.29 is 28.6 Å². The third-order valence-corrected chi connectivity index (χ3v) is 14.5. The molecule has 0 saturated heterocycles. The summed E-state index contributed by atoms with van der Waals surface area (Å²) in [6.45, 7) is 11.4. The average molecular weight is 976 g/mol. The summed E-state index contributed by atoms with van der Waals surface area (Å²) in [6.07, 6.45) is 61.1. The summed E-state index contributed by atoms with van der Waals surface area (Å²) in [6, 6.07) is 0. The van der Waals surface area contributed by atoms with Crippen molar-refractivity contribution in [3.63, 3.8) is 0 Å². The Kier molecular flexibility index (Phi) is 54.4. The third-order valence-electron chi connectivity index (χ3n) is 14.5. The molecule has 0 aliphatic rings. The smallest absolute Gasteiger partial charge is 0.306 e. The number of ether oxygens (including phenoxy) is 3. The third kappa shape index (κ3) is 57.2. The molecule has 0 radical (unpaired) electrons. The van der Waals surface area contributed by atoms with Crippen LogP contribution >= 0.6 is 0 Å². The number of rotatable bonds is 57. The van der Waals surface area contributed by atoms with E-state index < -0.39 is 6.10 Å². The van der Waals surface area contributed by atoms with Gasteiger partial charge in [-0.25, -0.2) is 0 Å². The lowest BCUT2D eigenvalue weighted by Crippen LogP contribution is -2.30. The summed E-state index contributed by atoms with van der Waals surface area (Å²) < 4.78 is 16.9. The van der Waals surface area contributed by atoms with Crippen molar-refractivity contribution in [3.8, 4) is 0 Å². The van der Waals surface area contributed by atoms with Crippen LogP contribution in [0.1, 0.15) is 356 Å². The highest BCUT2D eigenvalue weighted by Crippen LogP contribution is 2.19. The van der Waals surface area contributed by atoms with Crippen LogP contribution in [0.2, 0.25) is 0 Å². The van der Waals surface area contributed by atoms with Crippen molar-refractivity contribution in [2.45, 2.75) is 362 Å². The van der Waals surface area contributed by atoms with Gasteiger partial charge in [-0.3, -0.25) is 14.4 Å². The van der Waals surface area contributed by atoms with E-state index in [1.165, 1.54) is 244 Å². The molecule has 0 aromatic heterocycles. The molecule has 1 atom stereocenters. The highest BCUT2D eigenvalue weighted by atomic mass is 16.6. The zero-order chi connectivity index (χ0) is 50.4. The molecule has 0 aromatic carbocycles. The van der Waals surface area contributed by atoms with Crippen LogP contribution in [0.4, 0.5) is 0 Å². The Labute approximate surface area is 431 Å². The fraction of sp³-hybridized carbons (Fsp3) is 0.952. The maximum absolute atomic E-state index is 12.9. The summed E-state index contributed by atoms with van der Waals surface area (Å²) >= 11 is 0. The molecule has 0 heterocycles. The van der Waals surface area contributed by atoms with Gasteiger partial charge in [-0.1, -0.05) is 317 Å². The van der Waals surface area contributed by atoms with Gasteiger partial charge in [0.05, 0.1) is 0 Å². The zero-order valence-corrected chi connectivity index (χ0v) is 47.5. The summed E-state index contributed by atoms with van der Waals surface area (Å²) in [5.74, 6) is 0.834. The van der Waals surface area contributed by atoms with Crippen LogP contribution in [-0.2, 0) is 28.6 Å². The van der Waals surface area contributed by atoms with Crippen LogP contribution in [0.15, 0.2) is 0 Å². The number of carbonyl (C=O) groups is 3. The highest BCUT2D eigenvalue weighted by Gasteiger charge is 2.19. The van der Waals surface area contributed by atoms with Crippen LogP contribution in [0.25, 0.3) is 0 Å². The minimum atomic E-state index is -0.763. The van der Waals surface area contributed by atoms with E-state index in [1.54, 1.807) is 0 Å². The largest absolute Gasteiger partial charge is 0.462 e. The monoisotopic (exact) mass is 975 g/mol. The molecule has 0 aliphatic heterocycles. The van der Waals surface area contributed by atoms with E-state index in [0.29, 0.717) is 19.3 Å². The van der Waals surface area contributed by atoms with Gasteiger partial charge in [0.15, 0.2) is 6.10 Å². The van der Waals surface area contributed by atoms with E-state index in [0.717, 1.165) is 69.6 Å². The Morgan fingerprint density at radius 1 is 0.275 bits per heavy atom. The fourth-order valence-corrected chi connectivity index (χ4v) is 9.76. The summed E-state index contributed by atoms with van der Waals surface area (Å²) in [5, 5.41) is 0. The first-order valence-corrected chi connectivity index (χ1v) is 31.2. The fourth-order valence-electron chi connectivity index (χ4n) is 9.76. The van der Waals surface area contributed by atoms with Gasteiger partial charge in [0.25, 0.3) is 0 Å². The van der Waals surface area contributed by atoms with Gasteiger partial charge in [-0.15, -0.1) is 0 Å². The van der Waals surface area contributed by atoms with Crippen molar-refractivity contribution in [1.82, 2.24) is 0 Å². The van der Waals surface area contributed by atoms with E-state index >= 15 is 0 Å². The SMILES string of the molecule is CCCCCCCCCCCCCCCCCCCCCC(=O)OC[C@H](COC(=O)CCCCCCCCCCCCCCCCCCC(C)C)OC(=O)CCCCCCCCCCCCC(C)C.